The van der Waals surface area contributed by atoms with Crippen molar-refractivity contribution in [1.82, 2.24) is 19.9 Å². The molecule has 2 amide bonds. The molecule has 3 aromatic rings. The minimum Gasteiger partial charge on any atom is -0.365 e. The molecular weight excluding hydrogens is 417 g/mol. The predicted molar refractivity (Wildman–Crippen MR) is 115 cm³/mol. The highest BCUT2D eigenvalue weighted by atomic mass is 32.1. The molecular formula is C22H22FN5O2S. The van der Waals surface area contributed by atoms with Crippen molar-refractivity contribution < 1.29 is 14.0 Å². The first-order valence-corrected chi connectivity index (χ1v) is 10.8. The Morgan fingerprint density at radius 3 is 2.65 bits per heavy atom. The summed E-state index contributed by atoms with van der Waals surface area (Å²) in [6.45, 7) is 4.77. The average Bonchev–Trinajstić information content (AvgIpc) is 3.35. The zero-order valence-electron chi connectivity index (χ0n) is 17.3. The molecule has 2 aromatic heterocycles. The van der Waals surface area contributed by atoms with Crippen molar-refractivity contribution in [1.29, 1.82) is 0 Å². The van der Waals surface area contributed by atoms with Crippen LogP contribution in [0.3, 0.4) is 0 Å². The molecule has 1 aliphatic rings. The lowest BCUT2D eigenvalue weighted by atomic mass is 10.1. The van der Waals surface area contributed by atoms with Crippen molar-refractivity contribution in [3.8, 4) is 11.3 Å². The number of halogens is 1. The Morgan fingerprint density at radius 1 is 1.23 bits per heavy atom. The number of hydrogen-bond donors (Lipinski definition) is 1. The van der Waals surface area contributed by atoms with E-state index in [9.17, 15) is 14.0 Å². The molecule has 1 fully saturated rings. The lowest BCUT2D eigenvalue weighted by Gasteiger charge is -2.16. The minimum absolute atomic E-state index is 0.0139. The number of carbonyl (C=O) groups excluding carboxylic acids is 2. The number of nitrogens with two attached hydrogens (primary N) is 1. The fourth-order valence-electron chi connectivity index (χ4n) is 3.79. The van der Waals surface area contributed by atoms with Gasteiger partial charge in [-0.15, -0.1) is 11.3 Å². The second-order valence-corrected chi connectivity index (χ2v) is 8.89. The Morgan fingerprint density at radius 2 is 1.97 bits per heavy atom. The summed E-state index contributed by atoms with van der Waals surface area (Å²) in [6, 6.07) is 6.15. The number of rotatable bonds is 5. The van der Waals surface area contributed by atoms with Gasteiger partial charge in [-0.1, -0.05) is 0 Å². The van der Waals surface area contributed by atoms with E-state index in [2.05, 4.69) is 15.0 Å². The molecule has 0 unspecified atom stereocenters. The molecule has 1 saturated heterocycles. The number of amides is 2. The smallest absolute Gasteiger partial charge is 0.252 e. The number of aryl methyl sites for hydroxylation is 2. The van der Waals surface area contributed by atoms with Gasteiger partial charge in [0.1, 0.15) is 11.6 Å². The molecule has 4 rings (SSSR count). The molecule has 160 valence electrons. The molecule has 0 spiro atoms. The van der Waals surface area contributed by atoms with Gasteiger partial charge in [-0.3, -0.25) is 9.59 Å². The van der Waals surface area contributed by atoms with Gasteiger partial charge < -0.3 is 10.6 Å². The molecule has 1 aliphatic heterocycles. The summed E-state index contributed by atoms with van der Waals surface area (Å²) in [5.41, 5.74) is 7.71. The van der Waals surface area contributed by atoms with Gasteiger partial charge in [0.25, 0.3) is 5.91 Å². The highest BCUT2D eigenvalue weighted by Gasteiger charge is 2.30. The fraction of sp³-hybridized carbons (Fsp3) is 0.318. The molecule has 31 heavy (non-hydrogen) atoms. The van der Waals surface area contributed by atoms with Crippen LogP contribution < -0.4 is 5.73 Å². The Hall–Kier alpha value is -3.20. The summed E-state index contributed by atoms with van der Waals surface area (Å²) < 4.78 is 13.3. The van der Waals surface area contributed by atoms with E-state index in [0.717, 1.165) is 27.6 Å². The van der Waals surface area contributed by atoms with Crippen LogP contribution in [0.15, 0.2) is 30.5 Å². The normalized spacial score (nSPS) is 16.0. The second kappa shape index (κ2) is 8.50. The number of primary amides is 1. The molecule has 3 heterocycles. The number of aromatic nitrogens is 3. The van der Waals surface area contributed by atoms with Gasteiger partial charge in [-0.25, -0.2) is 19.3 Å². The van der Waals surface area contributed by atoms with Crippen molar-refractivity contribution in [3.63, 3.8) is 0 Å². The number of nitrogens with zero attached hydrogens (tertiary/aromatic N) is 4. The van der Waals surface area contributed by atoms with E-state index < -0.39 is 5.91 Å². The highest BCUT2D eigenvalue weighted by molar-refractivity contribution is 7.12. The summed E-state index contributed by atoms with van der Waals surface area (Å²) in [7, 11) is 0. The zero-order valence-corrected chi connectivity index (χ0v) is 18.1. The van der Waals surface area contributed by atoms with E-state index in [1.54, 1.807) is 19.1 Å². The average molecular weight is 440 g/mol. The molecule has 2 N–H and O–H groups in total. The van der Waals surface area contributed by atoms with Crippen molar-refractivity contribution in [2.75, 3.05) is 13.1 Å². The third kappa shape index (κ3) is 4.46. The van der Waals surface area contributed by atoms with Crippen LogP contribution in [-0.4, -0.2) is 44.8 Å². The quantitative estimate of drug-likeness (QED) is 0.658. The van der Waals surface area contributed by atoms with Crippen LogP contribution in [0, 0.1) is 19.7 Å². The van der Waals surface area contributed by atoms with Crippen LogP contribution in [0.25, 0.3) is 11.3 Å². The zero-order chi connectivity index (χ0) is 22.1. The van der Waals surface area contributed by atoms with Gasteiger partial charge in [0.15, 0.2) is 0 Å². The first-order valence-electron chi connectivity index (χ1n) is 9.95. The molecule has 7 nitrogen and oxygen atoms in total. The Kier molecular flexibility index (Phi) is 5.77. The predicted octanol–water partition coefficient (Wildman–Crippen LogP) is 3.01. The van der Waals surface area contributed by atoms with E-state index in [4.69, 9.17) is 5.73 Å². The largest absolute Gasteiger partial charge is 0.365 e. The van der Waals surface area contributed by atoms with Gasteiger partial charge in [0, 0.05) is 35.6 Å². The molecule has 0 saturated carbocycles. The van der Waals surface area contributed by atoms with E-state index in [0.29, 0.717) is 30.2 Å². The molecule has 0 bridgehead atoms. The van der Waals surface area contributed by atoms with Crippen molar-refractivity contribution >= 4 is 23.2 Å². The molecule has 9 heteroatoms. The van der Waals surface area contributed by atoms with Gasteiger partial charge >= 0.3 is 0 Å². The van der Waals surface area contributed by atoms with E-state index in [1.807, 2.05) is 11.8 Å². The maximum absolute atomic E-state index is 13.3. The van der Waals surface area contributed by atoms with Crippen molar-refractivity contribution in [2.24, 2.45) is 5.73 Å². The molecule has 0 radical (unpaired) electrons. The van der Waals surface area contributed by atoms with Crippen LogP contribution in [-0.2, 0) is 11.2 Å². The summed E-state index contributed by atoms with van der Waals surface area (Å²) in [5, 5.41) is 0.861. The minimum atomic E-state index is -0.552. The second-order valence-electron chi connectivity index (χ2n) is 7.61. The summed E-state index contributed by atoms with van der Waals surface area (Å²) in [5.74, 6) is -0.204. The van der Waals surface area contributed by atoms with Gasteiger partial charge in [-0.2, -0.15) is 0 Å². The SMILES string of the molecule is Cc1nc(-c2ccc(F)cc2)c(CC(=O)N2CC[C@H](c3ncc(C(N)=O)c(C)n3)C2)s1. The Balaban J connectivity index is 1.47. The summed E-state index contributed by atoms with van der Waals surface area (Å²) in [6.07, 6.45) is 2.46. The standard InChI is InChI=1S/C22H22FN5O2S/c1-12-17(21(24)30)10-25-22(26-12)15-7-8-28(11-15)19(29)9-18-20(27-13(2)31-18)14-3-5-16(23)6-4-14/h3-6,10,15H,7-9,11H2,1-2H3,(H2,24,30)/t15-/m0/s1. The Bertz CT molecular complexity index is 1150. The van der Waals surface area contributed by atoms with Gasteiger partial charge in [-0.05, 0) is 44.5 Å². The maximum Gasteiger partial charge on any atom is 0.252 e. The lowest BCUT2D eigenvalue weighted by molar-refractivity contribution is -0.129. The first kappa shape index (κ1) is 21.0. The number of thiazole rings is 1. The van der Waals surface area contributed by atoms with Gasteiger partial charge in [0.2, 0.25) is 5.91 Å². The van der Waals surface area contributed by atoms with E-state index in [-0.39, 0.29) is 24.1 Å². The van der Waals surface area contributed by atoms with Crippen molar-refractivity contribution in [2.45, 2.75) is 32.6 Å². The number of hydrogen-bond acceptors (Lipinski definition) is 6. The summed E-state index contributed by atoms with van der Waals surface area (Å²) >= 11 is 1.48. The number of likely N-dealkylation sites (tertiary alicyclic amines) is 1. The highest BCUT2D eigenvalue weighted by Crippen LogP contribution is 2.31. The third-order valence-corrected chi connectivity index (χ3v) is 6.37. The van der Waals surface area contributed by atoms with Crippen LogP contribution in [0.4, 0.5) is 4.39 Å². The topological polar surface area (TPSA) is 102 Å². The third-order valence-electron chi connectivity index (χ3n) is 5.40. The number of benzene rings is 1. The Labute approximate surface area is 183 Å². The van der Waals surface area contributed by atoms with Crippen molar-refractivity contribution in [3.05, 3.63) is 63.2 Å². The molecule has 1 atom stereocenters. The first-order chi connectivity index (χ1) is 14.8. The van der Waals surface area contributed by atoms with Gasteiger partial charge in [0.05, 0.1) is 28.4 Å². The summed E-state index contributed by atoms with van der Waals surface area (Å²) in [4.78, 5) is 40.3. The van der Waals surface area contributed by atoms with Crippen LogP contribution in [0.1, 0.15) is 44.1 Å². The molecule has 1 aromatic carbocycles. The van der Waals surface area contributed by atoms with E-state index >= 15 is 0 Å². The van der Waals surface area contributed by atoms with Crippen LogP contribution in [0.2, 0.25) is 0 Å². The number of carbonyl (C=O) groups is 2. The monoisotopic (exact) mass is 439 g/mol. The lowest BCUT2D eigenvalue weighted by Crippen LogP contribution is -2.30. The fourth-order valence-corrected chi connectivity index (χ4v) is 4.74. The maximum atomic E-state index is 13.3. The van der Waals surface area contributed by atoms with E-state index in [1.165, 1.54) is 29.7 Å². The van der Waals surface area contributed by atoms with Crippen LogP contribution in [0.5, 0.6) is 0 Å². The molecule has 0 aliphatic carbocycles. The van der Waals surface area contributed by atoms with Crippen LogP contribution >= 0.6 is 11.3 Å².